The van der Waals surface area contributed by atoms with E-state index in [0.29, 0.717) is 5.92 Å². The number of hydrogen-bond acceptors (Lipinski definition) is 2. The Morgan fingerprint density at radius 2 is 1.21 bits per heavy atom. The summed E-state index contributed by atoms with van der Waals surface area (Å²) in [5.74, 6) is 0.566. The van der Waals surface area contributed by atoms with Crippen molar-refractivity contribution < 1.29 is 0 Å². The number of hydrogen-bond donors (Lipinski definition) is 0. The quantitative estimate of drug-likeness (QED) is 0.107. The van der Waals surface area contributed by atoms with E-state index in [1.165, 1.54) is 72.6 Å². The first kappa shape index (κ1) is 43.2. The standard InChI is InChI=1S/C65H58N2/c1-3-59(30-14-19-49-18-13-25-56(46-49)55-24-12-17-48(2)45-55)66(62-41-37-53(38-42-62)58-27-15-26-57(47-58)50-20-6-4-7-21-50)61-39-33-51(34-40-61)52-35-43-63(44-36-52)67(60-28-8-5-9-29-60)65-32-16-23-54-22-10-11-31-64(54)65/h3-10,12-16,18,20-28,30,32-48,60H,11,17,19,29,31H2,1-2H3/b30-14-,59-3+. The van der Waals surface area contributed by atoms with Gasteiger partial charge < -0.3 is 9.80 Å². The smallest absolute Gasteiger partial charge is 0.0559 e. The Bertz CT molecular complexity index is 3050. The SMILES string of the molecule is C/C=C(\C=C/Cc1cccc(C2=CC(C)CC=C2)c1)N(c1ccc(-c2ccc(N(c3cccc4c3CCC=C4)C3C=CC=CC3)cc2)cc1)c1ccc(-c2cccc(-c3ccccc3)c2)cc1. The molecule has 0 saturated carbocycles. The van der Waals surface area contributed by atoms with E-state index < -0.39 is 0 Å². The molecule has 7 aromatic rings. The van der Waals surface area contributed by atoms with Crippen molar-refractivity contribution in [3.8, 4) is 33.4 Å². The lowest BCUT2D eigenvalue weighted by atomic mass is 9.92. The van der Waals surface area contributed by atoms with Crippen LogP contribution < -0.4 is 9.80 Å². The van der Waals surface area contributed by atoms with Gasteiger partial charge in [-0.15, -0.1) is 0 Å². The fourth-order valence-electron chi connectivity index (χ4n) is 9.85. The van der Waals surface area contributed by atoms with Gasteiger partial charge in [-0.2, -0.15) is 0 Å². The zero-order valence-corrected chi connectivity index (χ0v) is 38.7. The molecule has 2 unspecified atom stereocenters. The van der Waals surface area contributed by atoms with Crippen molar-refractivity contribution in [3.63, 3.8) is 0 Å². The second-order valence-corrected chi connectivity index (χ2v) is 18.0. The minimum absolute atomic E-state index is 0.257. The molecule has 67 heavy (non-hydrogen) atoms. The van der Waals surface area contributed by atoms with Gasteiger partial charge in [0, 0.05) is 28.4 Å². The Kier molecular flexibility index (Phi) is 13.1. The van der Waals surface area contributed by atoms with Crippen molar-refractivity contribution in [3.05, 3.63) is 265 Å². The molecule has 10 rings (SSSR count). The van der Waals surface area contributed by atoms with Crippen LogP contribution in [-0.2, 0) is 12.8 Å². The van der Waals surface area contributed by atoms with Gasteiger partial charge in [0.15, 0.2) is 0 Å². The fraction of sp³-hybridized carbons (Fsp3) is 0.138. The topological polar surface area (TPSA) is 6.48 Å². The average Bonchev–Trinajstić information content (AvgIpc) is 3.40. The Morgan fingerprint density at radius 3 is 1.90 bits per heavy atom. The van der Waals surface area contributed by atoms with Crippen LogP contribution in [-0.4, -0.2) is 6.04 Å². The zero-order chi connectivity index (χ0) is 45.4. The average molecular weight is 867 g/mol. The van der Waals surface area contributed by atoms with Gasteiger partial charge in [0.25, 0.3) is 0 Å². The van der Waals surface area contributed by atoms with E-state index in [1.807, 2.05) is 0 Å². The summed E-state index contributed by atoms with van der Waals surface area (Å²) in [6, 6.07) is 62.8. The number of nitrogens with zero attached hydrogens (tertiary/aromatic N) is 2. The minimum atomic E-state index is 0.257. The molecular weight excluding hydrogens is 809 g/mol. The van der Waals surface area contributed by atoms with E-state index in [4.69, 9.17) is 0 Å². The molecule has 2 atom stereocenters. The summed E-state index contributed by atoms with van der Waals surface area (Å²) in [6.07, 6.45) is 32.4. The highest BCUT2D eigenvalue weighted by atomic mass is 15.2. The summed E-state index contributed by atoms with van der Waals surface area (Å²) in [5.41, 5.74) is 19.7. The van der Waals surface area contributed by atoms with E-state index in [0.717, 1.165) is 49.2 Å². The Balaban J connectivity index is 0.945. The van der Waals surface area contributed by atoms with Gasteiger partial charge in [-0.25, -0.2) is 0 Å². The normalized spacial score (nSPS) is 16.5. The van der Waals surface area contributed by atoms with Gasteiger partial charge in [0.05, 0.1) is 6.04 Å². The van der Waals surface area contributed by atoms with Crippen molar-refractivity contribution in [2.75, 3.05) is 9.80 Å². The second kappa shape index (κ2) is 20.2. The lowest BCUT2D eigenvalue weighted by molar-refractivity contribution is 0.740. The zero-order valence-electron chi connectivity index (χ0n) is 38.7. The summed E-state index contributed by atoms with van der Waals surface area (Å²) in [5, 5.41) is 0. The number of allylic oxidation sites excluding steroid dienone is 10. The molecule has 7 aromatic carbocycles. The molecule has 0 amide bonds. The van der Waals surface area contributed by atoms with E-state index in [1.54, 1.807) is 0 Å². The highest BCUT2D eigenvalue weighted by Gasteiger charge is 2.23. The minimum Gasteiger partial charge on any atom is -0.334 e. The van der Waals surface area contributed by atoms with Gasteiger partial charge in [-0.3, -0.25) is 0 Å². The highest BCUT2D eigenvalue weighted by molar-refractivity contribution is 5.80. The van der Waals surface area contributed by atoms with Crippen molar-refractivity contribution in [2.45, 2.75) is 52.0 Å². The fourth-order valence-corrected chi connectivity index (χ4v) is 9.85. The van der Waals surface area contributed by atoms with Crippen molar-refractivity contribution in [1.29, 1.82) is 0 Å². The Morgan fingerprint density at radius 1 is 0.567 bits per heavy atom. The van der Waals surface area contributed by atoms with Crippen LogP contribution in [0.2, 0.25) is 0 Å². The van der Waals surface area contributed by atoms with Crippen LogP contribution >= 0.6 is 0 Å². The molecule has 0 heterocycles. The van der Waals surface area contributed by atoms with E-state index in [9.17, 15) is 0 Å². The summed E-state index contributed by atoms with van der Waals surface area (Å²) in [4.78, 5) is 4.92. The molecule has 0 N–H and O–H groups in total. The molecule has 2 nitrogen and oxygen atoms in total. The molecule has 2 heteroatoms. The Labute approximate surface area is 398 Å². The van der Waals surface area contributed by atoms with E-state index >= 15 is 0 Å². The molecule has 0 aromatic heterocycles. The van der Waals surface area contributed by atoms with Gasteiger partial charge in [0.1, 0.15) is 0 Å². The van der Waals surface area contributed by atoms with Crippen LogP contribution in [0.3, 0.4) is 0 Å². The third kappa shape index (κ3) is 9.81. The van der Waals surface area contributed by atoms with Gasteiger partial charge in [-0.05, 0) is 161 Å². The predicted molar refractivity (Wildman–Crippen MR) is 288 cm³/mol. The number of anilines is 4. The summed E-state index contributed by atoms with van der Waals surface area (Å²) in [7, 11) is 0. The molecule has 0 spiro atoms. The molecule has 0 aliphatic heterocycles. The number of rotatable bonds is 13. The number of benzene rings is 7. The summed E-state index contributed by atoms with van der Waals surface area (Å²) < 4.78 is 0. The molecule has 3 aliphatic carbocycles. The summed E-state index contributed by atoms with van der Waals surface area (Å²) >= 11 is 0. The predicted octanol–water partition coefficient (Wildman–Crippen LogP) is 17.5. The first-order chi connectivity index (χ1) is 33.1. The van der Waals surface area contributed by atoms with E-state index in [-0.39, 0.29) is 6.04 Å². The lowest BCUT2D eigenvalue weighted by Gasteiger charge is -2.35. The molecule has 0 radical (unpaired) electrons. The molecule has 0 fully saturated rings. The van der Waals surface area contributed by atoms with Crippen LogP contribution in [0.1, 0.15) is 55.4 Å². The Hall–Kier alpha value is -7.68. The monoisotopic (exact) mass is 866 g/mol. The van der Waals surface area contributed by atoms with Crippen LogP contribution in [0.15, 0.2) is 242 Å². The third-order valence-electron chi connectivity index (χ3n) is 13.4. The molecule has 0 bridgehead atoms. The maximum absolute atomic E-state index is 2.54. The van der Waals surface area contributed by atoms with E-state index in [2.05, 4.69) is 266 Å². The maximum atomic E-state index is 2.54. The summed E-state index contributed by atoms with van der Waals surface area (Å²) in [6.45, 7) is 4.43. The molecule has 3 aliphatic rings. The first-order valence-electron chi connectivity index (χ1n) is 24.1. The van der Waals surface area contributed by atoms with Gasteiger partial charge >= 0.3 is 0 Å². The highest BCUT2D eigenvalue weighted by Crippen LogP contribution is 2.39. The van der Waals surface area contributed by atoms with Gasteiger partial charge in [-0.1, -0.05) is 195 Å². The largest absolute Gasteiger partial charge is 0.334 e. The first-order valence-corrected chi connectivity index (χ1v) is 24.1. The lowest BCUT2D eigenvalue weighted by Crippen LogP contribution is -2.31. The maximum Gasteiger partial charge on any atom is 0.0559 e. The van der Waals surface area contributed by atoms with Crippen LogP contribution in [0.4, 0.5) is 22.7 Å². The molecule has 0 saturated heterocycles. The number of fused-ring (bicyclic) bond motifs is 1. The third-order valence-corrected chi connectivity index (χ3v) is 13.4. The van der Waals surface area contributed by atoms with Crippen molar-refractivity contribution in [1.82, 2.24) is 0 Å². The van der Waals surface area contributed by atoms with Crippen LogP contribution in [0, 0.1) is 5.92 Å². The van der Waals surface area contributed by atoms with Crippen molar-refractivity contribution >= 4 is 34.4 Å². The van der Waals surface area contributed by atoms with Gasteiger partial charge in [0.2, 0.25) is 0 Å². The molecular formula is C65H58N2. The molecule has 328 valence electrons. The second-order valence-electron chi connectivity index (χ2n) is 18.0. The van der Waals surface area contributed by atoms with Crippen LogP contribution in [0.5, 0.6) is 0 Å². The van der Waals surface area contributed by atoms with Crippen molar-refractivity contribution in [2.24, 2.45) is 5.92 Å². The van der Waals surface area contributed by atoms with Crippen LogP contribution in [0.25, 0.3) is 45.0 Å².